The summed E-state index contributed by atoms with van der Waals surface area (Å²) >= 11 is 0. The number of nitrogens with zero attached hydrogens (tertiary/aromatic N) is 6. The molecule has 0 radical (unpaired) electrons. The van der Waals surface area contributed by atoms with E-state index in [0.29, 0.717) is 13.1 Å². The molecule has 0 aliphatic heterocycles. The van der Waals surface area contributed by atoms with Crippen LogP contribution >= 0.6 is 0 Å². The molecule has 0 aliphatic rings. The van der Waals surface area contributed by atoms with E-state index in [1.54, 1.807) is 0 Å². The Labute approximate surface area is 222 Å². The molecule has 4 aromatic heterocycles. The zero-order valence-electron chi connectivity index (χ0n) is 21.1. The summed E-state index contributed by atoms with van der Waals surface area (Å²) in [5, 5.41) is 17.6. The van der Waals surface area contributed by atoms with E-state index in [4.69, 9.17) is 10.5 Å². The highest BCUT2D eigenvalue weighted by Crippen LogP contribution is 2.17. The molecular weight excluding hydrogens is 468 g/mol. The minimum atomic E-state index is 0.360. The first-order valence-electron chi connectivity index (χ1n) is 12.5. The van der Waals surface area contributed by atoms with Crippen LogP contribution in [0.5, 0.6) is 0 Å². The number of hydrogen-bond donors (Lipinski definition) is 0. The molecule has 5 rings (SSSR count). The average molecular weight is 497 g/mol. The van der Waals surface area contributed by atoms with Gasteiger partial charge in [0.05, 0.1) is 0 Å². The van der Waals surface area contributed by atoms with E-state index >= 15 is 0 Å². The molecule has 5 aromatic rings. The molecule has 0 atom stereocenters. The maximum Gasteiger partial charge on any atom is 0.233 e. The molecule has 0 unspecified atom stereocenters. The third-order valence-corrected chi connectivity index (χ3v) is 6.49. The lowest BCUT2D eigenvalue weighted by Crippen LogP contribution is -2.34. The van der Waals surface area contributed by atoms with E-state index in [-0.39, 0.29) is 0 Å². The van der Waals surface area contributed by atoms with Gasteiger partial charge in [0.2, 0.25) is 13.1 Å². The van der Waals surface area contributed by atoms with Gasteiger partial charge in [-0.15, -0.1) is 0 Å². The monoisotopic (exact) mass is 496 g/mol. The van der Waals surface area contributed by atoms with Gasteiger partial charge in [0.1, 0.15) is 12.1 Å². The Hall–Kier alpha value is -5.20. The van der Waals surface area contributed by atoms with Gasteiger partial charge in [-0.2, -0.15) is 19.7 Å². The molecule has 0 fully saturated rings. The first-order valence-corrected chi connectivity index (χ1v) is 12.5. The Morgan fingerprint density at radius 2 is 0.658 bits per heavy atom. The van der Waals surface area contributed by atoms with Crippen LogP contribution in [0.1, 0.15) is 11.1 Å². The Morgan fingerprint density at radius 3 is 0.921 bits per heavy atom. The number of aromatic nitrogens is 4. The molecule has 182 valence electrons. The van der Waals surface area contributed by atoms with E-state index in [1.165, 1.54) is 11.1 Å². The Bertz CT molecular complexity index is 1450. The van der Waals surface area contributed by atoms with Crippen LogP contribution < -0.4 is 18.3 Å². The third-order valence-electron chi connectivity index (χ3n) is 6.49. The van der Waals surface area contributed by atoms with Crippen molar-refractivity contribution in [2.24, 2.45) is 0 Å². The summed E-state index contributed by atoms with van der Waals surface area (Å²) < 4.78 is 8.08. The highest BCUT2D eigenvalue weighted by Gasteiger charge is 2.09. The molecule has 0 aliphatic carbocycles. The Balaban J connectivity index is 1.18. The largest absolute Gasteiger partial charge is 0.233 e. The first-order chi connectivity index (χ1) is 18.7. The summed E-state index contributed by atoms with van der Waals surface area (Å²) in [5.74, 6) is 0. The summed E-state index contributed by atoms with van der Waals surface area (Å²) in [4.78, 5) is 0. The number of hydrogen-bond acceptors (Lipinski definition) is 2. The highest BCUT2D eigenvalue weighted by atomic mass is 14.9. The lowest BCUT2D eigenvalue weighted by Gasteiger charge is -2.03. The van der Waals surface area contributed by atoms with Crippen LogP contribution in [0.2, 0.25) is 0 Å². The molecule has 0 saturated heterocycles. The predicted octanol–water partition coefficient (Wildman–Crippen LogP) is 3.31. The second kappa shape index (κ2) is 11.7. The van der Waals surface area contributed by atoms with Crippen molar-refractivity contribution in [3.05, 3.63) is 133 Å². The van der Waals surface area contributed by atoms with Crippen LogP contribution in [0.3, 0.4) is 0 Å². The normalized spacial score (nSPS) is 10.5. The van der Waals surface area contributed by atoms with E-state index < -0.39 is 0 Å². The van der Waals surface area contributed by atoms with Gasteiger partial charge in [-0.05, 0) is 22.3 Å². The molecule has 0 spiro atoms. The van der Waals surface area contributed by atoms with Crippen LogP contribution in [0.25, 0.3) is 22.3 Å². The van der Waals surface area contributed by atoms with Gasteiger partial charge in [0, 0.05) is 59.7 Å². The maximum atomic E-state index is 8.82. The average Bonchev–Trinajstić information content (AvgIpc) is 2.96. The molecule has 0 N–H and O–H groups in total. The van der Waals surface area contributed by atoms with E-state index in [0.717, 1.165) is 35.3 Å². The lowest BCUT2D eigenvalue weighted by molar-refractivity contribution is -0.688. The summed E-state index contributed by atoms with van der Waals surface area (Å²) in [7, 11) is 0. The van der Waals surface area contributed by atoms with Crippen molar-refractivity contribution in [3.8, 4) is 34.4 Å². The van der Waals surface area contributed by atoms with Gasteiger partial charge in [-0.3, -0.25) is 0 Å². The maximum absolute atomic E-state index is 8.82. The zero-order valence-corrected chi connectivity index (χ0v) is 21.1. The first kappa shape index (κ1) is 24.5. The molecule has 0 saturated carbocycles. The van der Waals surface area contributed by atoms with Gasteiger partial charge in [-0.1, -0.05) is 24.3 Å². The highest BCUT2D eigenvalue weighted by molar-refractivity contribution is 5.61. The quantitative estimate of drug-likeness (QED) is 0.310. The molecule has 1 aromatic carbocycles. The van der Waals surface area contributed by atoms with Crippen LogP contribution in [0, 0.1) is 22.7 Å². The molecule has 6 heteroatoms. The van der Waals surface area contributed by atoms with Crippen LogP contribution in [0.4, 0.5) is 0 Å². The van der Waals surface area contributed by atoms with E-state index in [1.807, 2.05) is 58.2 Å². The van der Waals surface area contributed by atoms with Crippen molar-refractivity contribution in [1.82, 2.24) is 0 Å². The van der Waals surface area contributed by atoms with Crippen molar-refractivity contribution in [1.29, 1.82) is 10.5 Å². The van der Waals surface area contributed by atoms with Gasteiger partial charge >= 0.3 is 0 Å². The summed E-state index contributed by atoms with van der Waals surface area (Å²) in [6.07, 6.45) is 16.2. The van der Waals surface area contributed by atoms with Crippen LogP contribution in [-0.4, -0.2) is 0 Å². The SMILES string of the molecule is N#CC[n+]1ccc(-c2cc[n+](Cc3ccc(C[n+]4ccc(-c5cc[n+](CC#N)cc5)cc4)cc3)cc2)cc1. The smallest absolute Gasteiger partial charge is 0.201 e. The van der Waals surface area contributed by atoms with Gasteiger partial charge < -0.3 is 0 Å². The van der Waals surface area contributed by atoms with Crippen molar-refractivity contribution in [3.63, 3.8) is 0 Å². The van der Waals surface area contributed by atoms with Crippen molar-refractivity contribution in [2.45, 2.75) is 26.2 Å². The number of nitriles is 2. The van der Waals surface area contributed by atoms with Gasteiger partial charge in [0.15, 0.2) is 62.7 Å². The summed E-state index contributed by atoms with van der Waals surface area (Å²) in [6.45, 7) is 2.34. The third kappa shape index (κ3) is 6.13. The Kier molecular flexibility index (Phi) is 7.53. The minimum absolute atomic E-state index is 0.360. The Morgan fingerprint density at radius 1 is 0.395 bits per heavy atom. The van der Waals surface area contributed by atoms with E-state index in [9.17, 15) is 0 Å². The molecule has 38 heavy (non-hydrogen) atoms. The molecule has 6 nitrogen and oxygen atoms in total. The van der Waals surface area contributed by atoms with Gasteiger partial charge in [0.25, 0.3) is 0 Å². The summed E-state index contributed by atoms with van der Waals surface area (Å²) in [6, 6.07) is 29.7. The van der Waals surface area contributed by atoms with Gasteiger partial charge in [-0.25, -0.2) is 9.13 Å². The topological polar surface area (TPSA) is 63.1 Å². The molecular formula is C32H28N6+4. The fourth-order valence-electron chi connectivity index (χ4n) is 4.36. The number of rotatable bonds is 8. The second-order valence-electron chi connectivity index (χ2n) is 9.17. The number of pyridine rings is 4. The molecule has 4 heterocycles. The van der Waals surface area contributed by atoms with E-state index in [2.05, 4.69) is 94.6 Å². The number of benzene rings is 1. The van der Waals surface area contributed by atoms with Crippen molar-refractivity contribution in [2.75, 3.05) is 0 Å². The van der Waals surface area contributed by atoms with Crippen molar-refractivity contribution < 1.29 is 18.3 Å². The van der Waals surface area contributed by atoms with Crippen molar-refractivity contribution >= 4 is 0 Å². The lowest BCUT2D eigenvalue weighted by atomic mass is 10.1. The fourth-order valence-corrected chi connectivity index (χ4v) is 4.36. The standard InChI is InChI=1S/C32H28N6/c33-13-23-35-15-5-29(6-16-35)31-9-19-37(20-10-31)25-27-1-2-28(4-3-27)26-38-21-11-32(12-22-38)30-7-17-36(18-8-30)24-14-34/h1-12,15-22H,23-26H2/q+4. The second-order valence-corrected chi connectivity index (χ2v) is 9.17. The minimum Gasteiger partial charge on any atom is -0.201 e. The zero-order chi connectivity index (χ0) is 26.2. The predicted molar refractivity (Wildman–Crippen MR) is 140 cm³/mol. The summed E-state index contributed by atoms with van der Waals surface area (Å²) in [5.41, 5.74) is 7.07. The van der Waals surface area contributed by atoms with Crippen LogP contribution in [-0.2, 0) is 26.2 Å². The fraction of sp³-hybridized carbons (Fsp3) is 0.125. The van der Waals surface area contributed by atoms with Crippen LogP contribution in [0.15, 0.2) is 122 Å². The molecule has 0 bridgehead atoms. The molecule has 0 amide bonds.